The molecule has 0 aliphatic heterocycles. The van der Waals surface area contributed by atoms with Crippen LogP contribution in [0.25, 0.3) is 0 Å². The lowest BCUT2D eigenvalue weighted by Gasteiger charge is -2.14. The summed E-state index contributed by atoms with van der Waals surface area (Å²) in [5.74, 6) is -0.935. The molecule has 12 heteroatoms. The number of benzene rings is 3. The van der Waals surface area contributed by atoms with Gasteiger partial charge in [-0.3, -0.25) is 14.2 Å². The minimum atomic E-state index is -4.06. The molecule has 0 heterocycles. The predicted octanol–water partition coefficient (Wildman–Crippen LogP) is 3.26. The molecule has 0 unspecified atom stereocenters. The highest BCUT2D eigenvalue weighted by molar-refractivity contribution is 7.92. The van der Waals surface area contributed by atoms with Crippen molar-refractivity contribution in [2.75, 3.05) is 28.1 Å². The maximum Gasteiger partial charge on any atom is 0.262 e. The van der Waals surface area contributed by atoms with Crippen LogP contribution < -0.4 is 19.5 Å². The van der Waals surface area contributed by atoms with Crippen LogP contribution in [0.3, 0.4) is 0 Å². The fourth-order valence-electron chi connectivity index (χ4n) is 2.82. The molecule has 0 saturated carbocycles. The Kier molecular flexibility index (Phi) is 6.89. The van der Waals surface area contributed by atoms with Gasteiger partial charge in [0.15, 0.2) is 0 Å². The van der Waals surface area contributed by atoms with Crippen molar-refractivity contribution in [1.82, 2.24) is 0 Å². The predicted molar refractivity (Wildman–Crippen MR) is 123 cm³/mol. The van der Waals surface area contributed by atoms with E-state index in [0.29, 0.717) is 0 Å². The summed E-state index contributed by atoms with van der Waals surface area (Å²) in [4.78, 5) is 12.5. The van der Waals surface area contributed by atoms with E-state index >= 15 is 0 Å². The summed E-state index contributed by atoms with van der Waals surface area (Å²) in [7, 11) is -6.22. The first-order chi connectivity index (χ1) is 15.5. The van der Waals surface area contributed by atoms with E-state index < -0.39 is 31.8 Å². The highest BCUT2D eigenvalue weighted by atomic mass is 32.2. The Labute approximate surface area is 190 Å². The van der Waals surface area contributed by atoms with Crippen molar-refractivity contribution in [2.45, 2.75) is 4.90 Å². The number of hydrogen-bond donors (Lipinski definition) is 3. The number of carbonyl (C=O) groups is 1. The molecule has 3 aromatic rings. The van der Waals surface area contributed by atoms with Gasteiger partial charge in [-0.1, -0.05) is 6.07 Å². The lowest BCUT2D eigenvalue weighted by atomic mass is 10.2. The van der Waals surface area contributed by atoms with Crippen molar-refractivity contribution in [3.8, 4) is 5.75 Å². The van der Waals surface area contributed by atoms with Gasteiger partial charge in [0.2, 0.25) is 10.0 Å². The van der Waals surface area contributed by atoms with Gasteiger partial charge in [-0.05, 0) is 60.7 Å². The molecule has 0 spiro atoms. The van der Waals surface area contributed by atoms with Gasteiger partial charge in [0.25, 0.3) is 15.9 Å². The van der Waals surface area contributed by atoms with E-state index in [4.69, 9.17) is 4.74 Å². The summed E-state index contributed by atoms with van der Waals surface area (Å²) in [6, 6.07) is 14.5. The summed E-state index contributed by atoms with van der Waals surface area (Å²) in [6.45, 7) is 0. The van der Waals surface area contributed by atoms with Gasteiger partial charge in [0.05, 0.1) is 23.9 Å². The van der Waals surface area contributed by atoms with E-state index in [1.54, 1.807) is 0 Å². The molecule has 174 valence electrons. The number of anilines is 3. The standard InChI is InChI=1S/C21H20FN3O6S2/c1-31-20-11-8-16(13-19(20)25-33(29,30)18-9-6-15(22)7-10-18)23-21(26)14-4-3-5-17(12-14)24-32(2,27)28/h3-13,24-25H,1-2H3,(H,23,26). The first-order valence-electron chi connectivity index (χ1n) is 9.32. The normalized spacial score (nSPS) is 11.5. The van der Waals surface area contributed by atoms with Crippen molar-refractivity contribution in [2.24, 2.45) is 0 Å². The molecule has 1 amide bonds. The zero-order valence-corrected chi connectivity index (χ0v) is 19.1. The molecule has 3 rings (SSSR count). The first kappa shape index (κ1) is 24.0. The summed E-state index contributed by atoms with van der Waals surface area (Å²) < 4.78 is 71.1. The SMILES string of the molecule is COc1ccc(NC(=O)c2cccc(NS(C)(=O)=O)c2)cc1NS(=O)(=O)c1ccc(F)cc1. The Morgan fingerprint density at radius 2 is 1.58 bits per heavy atom. The number of sulfonamides is 2. The van der Waals surface area contributed by atoms with Gasteiger partial charge in [-0.15, -0.1) is 0 Å². The number of hydrogen-bond acceptors (Lipinski definition) is 6. The van der Waals surface area contributed by atoms with E-state index in [1.807, 2.05) is 0 Å². The van der Waals surface area contributed by atoms with E-state index in [1.165, 1.54) is 49.6 Å². The number of ether oxygens (including phenoxy) is 1. The topological polar surface area (TPSA) is 131 Å². The third-order valence-electron chi connectivity index (χ3n) is 4.25. The molecule has 0 fully saturated rings. The van der Waals surface area contributed by atoms with E-state index in [0.717, 1.165) is 30.5 Å². The molecule has 3 N–H and O–H groups in total. The van der Waals surface area contributed by atoms with Gasteiger partial charge in [0.1, 0.15) is 11.6 Å². The van der Waals surface area contributed by atoms with Gasteiger partial charge < -0.3 is 10.1 Å². The molecule has 3 aromatic carbocycles. The smallest absolute Gasteiger partial charge is 0.262 e. The Morgan fingerprint density at radius 3 is 2.21 bits per heavy atom. The third kappa shape index (κ3) is 6.43. The van der Waals surface area contributed by atoms with Crippen LogP contribution >= 0.6 is 0 Å². The molecular formula is C21H20FN3O6S2. The summed E-state index contributed by atoms with van der Waals surface area (Å²) in [5.41, 5.74) is 0.687. The average Bonchev–Trinajstić information content (AvgIpc) is 2.73. The van der Waals surface area contributed by atoms with Crippen molar-refractivity contribution in [3.63, 3.8) is 0 Å². The molecule has 0 aliphatic carbocycles. The van der Waals surface area contributed by atoms with E-state index in [2.05, 4.69) is 14.8 Å². The molecule has 33 heavy (non-hydrogen) atoms. The third-order valence-corrected chi connectivity index (χ3v) is 6.24. The average molecular weight is 494 g/mol. The van der Waals surface area contributed by atoms with Crippen LogP contribution in [0.2, 0.25) is 0 Å². The fourth-order valence-corrected chi connectivity index (χ4v) is 4.44. The van der Waals surface area contributed by atoms with Crippen molar-refractivity contribution >= 4 is 43.0 Å². The number of carbonyl (C=O) groups excluding carboxylic acids is 1. The number of amides is 1. The molecule has 0 radical (unpaired) electrons. The minimum absolute atomic E-state index is 0.0483. The molecule has 0 atom stereocenters. The Balaban J connectivity index is 1.84. The van der Waals surface area contributed by atoms with E-state index in [-0.39, 0.29) is 33.3 Å². The van der Waals surface area contributed by atoms with Gasteiger partial charge in [-0.25, -0.2) is 21.2 Å². The fraction of sp³-hybridized carbons (Fsp3) is 0.0952. The number of rotatable bonds is 8. The van der Waals surface area contributed by atoms with Crippen LogP contribution in [0, 0.1) is 5.82 Å². The van der Waals surface area contributed by atoms with E-state index in [9.17, 15) is 26.0 Å². The van der Waals surface area contributed by atoms with Gasteiger partial charge in [-0.2, -0.15) is 0 Å². The van der Waals surface area contributed by atoms with Gasteiger partial charge in [0, 0.05) is 16.9 Å². The quantitative estimate of drug-likeness (QED) is 0.442. The second kappa shape index (κ2) is 9.46. The van der Waals surface area contributed by atoms with Crippen molar-refractivity contribution in [1.29, 1.82) is 0 Å². The molecule has 0 aliphatic rings. The zero-order valence-electron chi connectivity index (χ0n) is 17.5. The Morgan fingerprint density at radius 1 is 0.879 bits per heavy atom. The molecule has 0 aromatic heterocycles. The van der Waals surface area contributed by atoms with Crippen LogP contribution in [0.4, 0.5) is 21.5 Å². The number of halogens is 1. The van der Waals surface area contributed by atoms with Crippen molar-refractivity contribution < 1.29 is 30.8 Å². The minimum Gasteiger partial charge on any atom is -0.495 e. The molecular weight excluding hydrogens is 473 g/mol. The Bertz CT molecular complexity index is 1390. The van der Waals surface area contributed by atoms with Crippen LogP contribution in [-0.4, -0.2) is 36.1 Å². The van der Waals surface area contributed by atoms with Crippen LogP contribution in [0.15, 0.2) is 71.6 Å². The maximum absolute atomic E-state index is 13.1. The monoisotopic (exact) mass is 493 g/mol. The molecule has 0 bridgehead atoms. The second-order valence-electron chi connectivity index (χ2n) is 6.88. The molecule has 9 nitrogen and oxygen atoms in total. The van der Waals surface area contributed by atoms with Crippen LogP contribution in [0.1, 0.15) is 10.4 Å². The lowest BCUT2D eigenvalue weighted by Crippen LogP contribution is -2.15. The maximum atomic E-state index is 13.1. The van der Waals surface area contributed by atoms with Crippen LogP contribution in [0.5, 0.6) is 5.75 Å². The zero-order chi connectivity index (χ0) is 24.2. The summed E-state index contributed by atoms with van der Waals surface area (Å²) in [6.07, 6.45) is 0.992. The highest BCUT2D eigenvalue weighted by Crippen LogP contribution is 2.30. The lowest BCUT2D eigenvalue weighted by molar-refractivity contribution is 0.102. The van der Waals surface area contributed by atoms with Crippen molar-refractivity contribution in [3.05, 3.63) is 78.1 Å². The first-order valence-corrected chi connectivity index (χ1v) is 12.7. The second-order valence-corrected chi connectivity index (χ2v) is 10.3. The summed E-state index contributed by atoms with van der Waals surface area (Å²) in [5, 5.41) is 2.62. The van der Waals surface area contributed by atoms with Crippen LogP contribution in [-0.2, 0) is 20.0 Å². The highest BCUT2D eigenvalue weighted by Gasteiger charge is 2.18. The summed E-state index contributed by atoms with van der Waals surface area (Å²) >= 11 is 0. The molecule has 0 saturated heterocycles. The largest absolute Gasteiger partial charge is 0.495 e. The Hall–Kier alpha value is -3.64. The van der Waals surface area contributed by atoms with Gasteiger partial charge >= 0.3 is 0 Å². The number of methoxy groups -OCH3 is 1. The number of nitrogens with one attached hydrogen (secondary N) is 3.